The van der Waals surface area contributed by atoms with Crippen LogP contribution < -0.4 is 5.32 Å². The SMILES string of the molecule is CCS(=O)(=O)c1cccc(C(=O)NC2CCc3c(F)cccc32)c1. The highest BCUT2D eigenvalue weighted by atomic mass is 32.2. The zero-order valence-electron chi connectivity index (χ0n) is 13.3. The van der Waals surface area contributed by atoms with Gasteiger partial charge in [0, 0.05) is 5.56 Å². The molecule has 6 heteroatoms. The fourth-order valence-corrected chi connectivity index (χ4v) is 3.92. The lowest BCUT2D eigenvalue weighted by atomic mass is 10.1. The molecule has 0 saturated carbocycles. The molecule has 2 aromatic carbocycles. The van der Waals surface area contributed by atoms with Gasteiger partial charge in [0.25, 0.3) is 5.91 Å². The van der Waals surface area contributed by atoms with E-state index in [-0.39, 0.29) is 34.0 Å². The van der Waals surface area contributed by atoms with Crippen molar-refractivity contribution in [1.82, 2.24) is 5.32 Å². The molecule has 1 aliphatic rings. The maximum atomic E-state index is 13.8. The number of rotatable bonds is 4. The normalized spacial score (nSPS) is 16.7. The predicted octanol–water partition coefficient (Wildman–Crippen LogP) is 3.04. The molecule has 0 bridgehead atoms. The minimum atomic E-state index is -3.37. The second kappa shape index (κ2) is 6.36. The summed E-state index contributed by atoms with van der Waals surface area (Å²) in [7, 11) is -3.37. The maximum absolute atomic E-state index is 13.8. The first kappa shape index (κ1) is 16.6. The lowest BCUT2D eigenvalue weighted by Gasteiger charge is -2.14. The zero-order valence-corrected chi connectivity index (χ0v) is 14.1. The molecule has 1 aliphatic carbocycles. The molecule has 1 unspecified atom stereocenters. The van der Waals surface area contributed by atoms with Gasteiger partial charge in [0.05, 0.1) is 16.7 Å². The first-order valence-electron chi connectivity index (χ1n) is 7.83. The van der Waals surface area contributed by atoms with Gasteiger partial charge in [0.1, 0.15) is 5.82 Å². The minimum Gasteiger partial charge on any atom is -0.345 e. The van der Waals surface area contributed by atoms with Gasteiger partial charge in [-0.2, -0.15) is 0 Å². The number of carbonyl (C=O) groups is 1. The van der Waals surface area contributed by atoms with Gasteiger partial charge in [-0.15, -0.1) is 0 Å². The number of carbonyl (C=O) groups excluding carboxylic acids is 1. The van der Waals surface area contributed by atoms with E-state index in [9.17, 15) is 17.6 Å². The van der Waals surface area contributed by atoms with E-state index in [4.69, 9.17) is 0 Å². The van der Waals surface area contributed by atoms with Crippen molar-refractivity contribution >= 4 is 15.7 Å². The highest BCUT2D eigenvalue weighted by molar-refractivity contribution is 7.91. The molecule has 0 aromatic heterocycles. The molecule has 4 nitrogen and oxygen atoms in total. The topological polar surface area (TPSA) is 63.2 Å². The standard InChI is InChI=1S/C18H18FNO3S/c1-2-24(22,23)13-6-3-5-12(11-13)18(21)20-17-10-9-14-15(17)7-4-8-16(14)19/h3-8,11,17H,2,9-10H2,1H3,(H,20,21). The molecule has 1 N–H and O–H groups in total. The summed E-state index contributed by atoms with van der Waals surface area (Å²) < 4.78 is 37.7. The summed E-state index contributed by atoms with van der Waals surface area (Å²) in [6.45, 7) is 1.56. The predicted molar refractivity (Wildman–Crippen MR) is 89.1 cm³/mol. The molecule has 0 radical (unpaired) electrons. The molecule has 0 saturated heterocycles. The Hall–Kier alpha value is -2.21. The Labute approximate surface area is 140 Å². The quantitative estimate of drug-likeness (QED) is 0.925. The summed E-state index contributed by atoms with van der Waals surface area (Å²) in [5.41, 5.74) is 1.72. The zero-order chi connectivity index (χ0) is 17.3. The van der Waals surface area contributed by atoms with Crippen molar-refractivity contribution in [2.24, 2.45) is 0 Å². The van der Waals surface area contributed by atoms with Crippen LogP contribution in [-0.2, 0) is 16.3 Å². The van der Waals surface area contributed by atoms with Crippen LogP contribution in [0.2, 0.25) is 0 Å². The molecule has 0 aliphatic heterocycles. The van der Waals surface area contributed by atoms with Crippen LogP contribution >= 0.6 is 0 Å². The van der Waals surface area contributed by atoms with Crippen molar-refractivity contribution in [2.75, 3.05) is 5.75 Å². The number of fused-ring (bicyclic) bond motifs is 1. The summed E-state index contributed by atoms with van der Waals surface area (Å²) >= 11 is 0. The van der Waals surface area contributed by atoms with Crippen molar-refractivity contribution in [2.45, 2.75) is 30.7 Å². The highest BCUT2D eigenvalue weighted by Gasteiger charge is 2.26. The largest absolute Gasteiger partial charge is 0.345 e. The number of hydrogen-bond acceptors (Lipinski definition) is 3. The van der Waals surface area contributed by atoms with Crippen molar-refractivity contribution in [3.63, 3.8) is 0 Å². The maximum Gasteiger partial charge on any atom is 0.251 e. The van der Waals surface area contributed by atoms with E-state index < -0.39 is 9.84 Å². The van der Waals surface area contributed by atoms with Crippen molar-refractivity contribution in [1.29, 1.82) is 0 Å². The first-order valence-corrected chi connectivity index (χ1v) is 9.48. The van der Waals surface area contributed by atoms with Gasteiger partial charge in [0.2, 0.25) is 0 Å². The smallest absolute Gasteiger partial charge is 0.251 e. The lowest BCUT2D eigenvalue weighted by Crippen LogP contribution is -2.27. The first-order chi connectivity index (χ1) is 11.4. The number of hydrogen-bond donors (Lipinski definition) is 1. The summed E-state index contributed by atoms with van der Waals surface area (Å²) in [5, 5.41) is 2.87. The Morgan fingerprint density at radius 2 is 2.00 bits per heavy atom. The van der Waals surface area contributed by atoms with Gasteiger partial charge < -0.3 is 5.32 Å². The molecule has 1 atom stereocenters. The fourth-order valence-electron chi connectivity index (χ4n) is 3.00. The lowest BCUT2D eigenvalue weighted by molar-refractivity contribution is 0.0936. The third kappa shape index (κ3) is 3.06. The molecule has 1 amide bonds. The van der Waals surface area contributed by atoms with Crippen LogP contribution in [0.3, 0.4) is 0 Å². The number of amides is 1. The Bertz CT molecular complexity index is 893. The summed E-state index contributed by atoms with van der Waals surface area (Å²) in [4.78, 5) is 12.6. The molecule has 0 spiro atoms. The van der Waals surface area contributed by atoms with Crippen molar-refractivity contribution in [3.05, 3.63) is 65.0 Å². The monoisotopic (exact) mass is 347 g/mol. The highest BCUT2D eigenvalue weighted by Crippen LogP contribution is 2.32. The number of benzene rings is 2. The number of sulfone groups is 1. The van der Waals surface area contributed by atoms with Crippen LogP contribution in [0, 0.1) is 5.82 Å². The van der Waals surface area contributed by atoms with Gasteiger partial charge in [-0.25, -0.2) is 12.8 Å². The van der Waals surface area contributed by atoms with E-state index in [0.29, 0.717) is 18.4 Å². The van der Waals surface area contributed by atoms with Crippen LogP contribution in [-0.4, -0.2) is 20.1 Å². The average Bonchev–Trinajstić information content (AvgIpc) is 2.99. The molecule has 24 heavy (non-hydrogen) atoms. The number of nitrogens with one attached hydrogen (secondary N) is 1. The van der Waals surface area contributed by atoms with Crippen molar-refractivity contribution < 1.29 is 17.6 Å². The average molecular weight is 347 g/mol. The van der Waals surface area contributed by atoms with Gasteiger partial charge >= 0.3 is 0 Å². The van der Waals surface area contributed by atoms with Crippen molar-refractivity contribution in [3.8, 4) is 0 Å². The van der Waals surface area contributed by atoms with Crippen LogP contribution in [0.15, 0.2) is 47.4 Å². The molecule has 0 heterocycles. The third-order valence-corrected chi connectivity index (χ3v) is 6.09. The Kier molecular flexibility index (Phi) is 4.41. The summed E-state index contributed by atoms with van der Waals surface area (Å²) in [6.07, 6.45) is 1.21. The second-order valence-electron chi connectivity index (χ2n) is 5.80. The van der Waals surface area contributed by atoms with Gasteiger partial charge in [-0.3, -0.25) is 4.79 Å². The molecule has 126 valence electrons. The van der Waals surface area contributed by atoms with Crippen LogP contribution in [0.25, 0.3) is 0 Å². The van der Waals surface area contributed by atoms with E-state index in [1.54, 1.807) is 25.1 Å². The summed E-state index contributed by atoms with van der Waals surface area (Å²) in [6, 6.07) is 10.6. The molecule has 3 rings (SSSR count). The van der Waals surface area contributed by atoms with E-state index in [2.05, 4.69) is 5.32 Å². The number of halogens is 1. The van der Waals surface area contributed by atoms with Crippen LogP contribution in [0.1, 0.15) is 40.9 Å². The fraction of sp³-hybridized carbons (Fsp3) is 0.278. The van der Waals surface area contributed by atoms with E-state index in [1.165, 1.54) is 18.2 Å². The van der Waals surface area contributed by atoms with E-state index in [0.717, 1.165) is 5.56 Å². The van der Waals surface area contributed by atoms with Gasteiger partial charge in [-0.1, -0.05) is 25.1 Å². The Morgan fingerprint density at radius 1 is 1.25 bits per heavy atom. The second-order valence-corrected chi connectivity index (χ2v) is 8.08. The third-order valence-electron chi connectivity index (χ3n) is 4.35. The molecule has 2 aromatic rings. The van der Waals surface area contributed by atoms with E-state index in [1.807, 2.05) is 6.07 Å². The van der Waals surface area contributed by atoms with Crippen LogP contribution in [0.4, 0.5) is 4.39 Å². The molecular formula is C18H18FNO3S. The summed E-state index contributed by atoms with van der Waals surface area (Å²) in [5.74, 6) is -0.626. The Balaban J connectivity index is 1.83. The van der Waals surface area contributed by atoms with Gasteiger partial charge in [-0.05, 0) is 48.2 Å². The molecule has 0 fully saturated rings. The Morgan fingerprint density at radius 3 is 2.75 bits per heavy atom. The van der Waals surface area contributed by atoms with Crippen LogP contribution in [0.5, 0.6) is 0 Å². The minimum absolute atomic E-state index is 0.0205. The van der Waals surface area contributed by atoms with E-state index >= 15 is 0 Å². The van der Waals surface area contributed by atoms with Gasteiger partial charge in [0.15, 0.2) is 9.84 Å². The molecular weight excluding hydrogens is 329 g/mol.